The monoisotopic (exact) mass is 314 g/mol. The van der Waals surface area contributed by atoms with Crippen molar-refractivity contribution in [2.45, 2.75) is 38.3 Å². The van der Waals surface area contributed by atoms with E-state index in [0.717, 1.165) is 23.9 Å². The van der Waals surface area contributed by atoms with E-state index >= 15 is 0 Å². The van der Waals surface area contributed by atoms with E-state index in [4.69, 9.17) is 0 Å². The predicted molar refractivity (Wildman–Crippen MR) is 79.8 cm³/mol. The van der Waals surface area contributed by atoms with Gasteiger partial charge in [-0.05, 0) is 13.3 Å². The number of carbonyl (C=O) groups excluding carboxylic acids is 1. The van der Waals surface area contributed by atoms with Crippen molar-refractivity contribution in [3.63, 3.8) is 0 Å². The molecule has 0 fully saturated rings. The summed E-state index contributed by atoms with van der Waals surface area (Å²) in [4.78, 5) is 17.3. The summed E-state index contributed by atoms with van der Waals surface area (Å²) in [7, 11) is -3.52. The fourth-order valence-corrected chi connectivity index (χ4v) is 2.95. The molecule has 0 aliphatic heterocycles. The van der Waals surface area contributed by atoms with Gasteiger partial charge in [-0.1, -0.05) is 25.8 Å². The maximum absolute atomic E-state index is 12.1. The molecule has 8 heteroatoms. The summed E-state index contributed by atoms with van der Waals surface area (Å²) in [5, 5.41) is 3.51. The van der Waals surface area contributed by atoms with Gasteiger partial charge in [0.2, 0.25) is 9.84 Å². The number of rotatable bonds is 8. The summed E-state index contributed by atoms with van der Waals surface area (Å²) < 4.78 is 25.0. The minimum absolute atomic E-state index is 0.00317. The van der Waals surface area contributed by atoms with Crippen molar-refractivity contribution in [1.29, 1.82) is 0 Å². The van der Waals surface area contributed by atoms with E-state index < -0.39 is 15.9 Å². The fourth-order valence-electron chi connectivity index (χ4n) is 1.76. The van der Waals surface area contributed by atoms with Crippen LogP contribution in [0.2, 0.25) is 0 Å². The number of nitrogens with zero attached hydrogens (tertiary/aromatic N) is 4. The number of sulfone groups is 1. The Bertz CT molecular complexity index is 580. The average Bonchev–Trinajstić information content (AvgIpc) is 2.95. The van der Waals surface area contributed by atoms with Gasteiger partial charge in [-0.2, -0.15) is 4.68 Å². The number of carbonyl (C=O) groups is 1. The molecule has 0 atom stereocenters. The van der Waals surface area contributed by atoms with Crippen molar-refractivity contribution in [2.24, 2.45) is 0 Å². The zero-order valence-corrected chi connectivity index (χ0v) is 13.3. The Labute approximate surface area is 125 Å². The summed E-state index contributed by atoms with van der Waals surface area (Å²) in [5.74, 6) is 0.00317. The summed E-state index contributed by atoms with van der Waals surface area (Å²) in [6, 6.07) is -0.417. The molecule has 0 saturated heterocycles. The maximum atomic E-state index is 12.1. The van der Waals surface area contributed by atoms with Crippen LogP contribution in [0.1, 0.15) is 33.1 Å². The van der Waals surface area contributed by atoms with Crippen molar-refractivity contribution in [1.82, 2.24) is 19.7 Å². The molecule has 0 spiro atoms. The van der Waals surface area contributed by atoms with Crippen molar-refractivity contribution < 1.29 is 13.2 Å². The van der Waals surface area contributed by atoms with Gasteiger partial charge in [0.15, 0.2) is 0 Å². The number of unbranched alkanes of at least 4 members (excludes halogenated alkanes) is 2. The van der Waals surface area contributed by atoms with Gasteiger partial charge in [0, 0.05) is 13.1 Å². The Balaban J connectivity index is 2.85. The standard InChI is InChI=1S/C13H22N4O3S/c1-4-7-8-10-21(19,20)12-14-11-17(15-12)13(18)16(6-3)9-5-2/h5,11H,2,4,6-10H2,1,3H3. The molecule has 1 aromatic heterocycles. The van der Waals surface area contributed by atoms with Gasteiger partial charge in [-0.25, -0.2) is 18.2 Å². The van der Waals surface area contributed by atoms with Crippen LogP contribution in [0.15, 0.2) is 24.1 Å². The lowest BCUT2D eigenvalue weighted by molar-refractivity contribution is 0.204. The van der Waals surface area contributed by atoms with Crippen LogP contribution >= 0.6 is 0 Å². The average molecular weight is 314 g/mol. The number of aromatic nitrogens is 3. The second-order valence-electron chi connectivity index (χ2n) is 4.61. The first-order chi connectivity index (χ1) is 9.96. The number of hydrogen-bond acceptors (Lipinski definition) is 5. The molecule has 7 nitrogen and oxygen atoms in total. The predicted octanol–water partition coefficient (Wildman–Crippen LogP) is 1.72. The largest absolute Gasteiger partial charge is 0.346 e. The van der Waals surface area contributed by atoms with Crippen LogP contribution in [0.4, 0.5) is 4.79 Å². The molecule has 0 unspecified atom stereocenters. The zero-order chi connectivity index (χ0) is 15.9. The third-order valence-corrected chi connectivity index (χ3v) is 4.53. The van der Waals surface area contributed by atoms with E-state index in [1.165, 1.54) is 4.90 Å². The normalized spacial score (nSPS) is 11.3. The minimum Gasteiger partial charge on any atom is -0.319 e. The lowest BCUT2D eigenvalue weighted by Crippen LogP contribution is -2.35. The van der Waals surface area contributed by atoms with Crippen molar-refractivity contribution in [2.75, 3.05) is 18.8 Å². The molecule has 1 heterocycles. The first kappa shape index (κ1) is 17.4. The third kappa shape index (κ3) is 4.66. The van der Waals surface area contributed by atoms with Gasteiger partial charge < -0.3 is 4.90 Å². The molecule has 0 bridgehead atoms. The van der Waals surface area contributed by atoms with Crippen molar-refractivity contribution in [3.8, 4) is 0 Å². The van der Waals surface area contributed by atoms with Gasteiger partial charge in [0.1, 0.15) is 6.33 Å². The second-order valence-corrected chi connectivity index (χ2v) is 6.61. The minimum atomic E-state index is -3.52. The SMILES string of the molecule is C=CCN(CC)C(=O)n1cnc(S(=O)(=O)CCCCC)n1. The van der Waals surface area contributed by atoms with Gasteiger partial charge >= 0.3 is 6.03 Å². The fraction of sp³-hybridized carbons (Fsp3) is 0.615. The quantitative estimate of drug-likeness (QED) is 0.539. The molecule has 118 valence electrons. The van der Waals surface area contributed by atoms with Crippen LogP contribution in [0.25, 0.3) is 0 Å². The molecule has 21 heavy (non-hydrogen) atoms. The highest BCUT2D eigenvalue weighted by molar-refractivity contribution is 7.91. The maximum Gasteiger partial charge on any atom is 0.346 e. The van der Waals surface area contributed by atoms with Gasteiger partial charge in [-0.3, -0.25) is 0 Å². The van der Waals surface area contributed by atoms with Gasteiger partial charge in [0.05, 0.1) is 5.75 Å². The van der Waals surface area contributed by atoms with Crippen LogP contribution in [0.3, 0.4) is 0 Å². The molecule has 1 rings (SSSR count). The number of amides is 1. The smallest absolute Gasteiger partial charge is 0.319 e. The lowest BCUT2D eigenvalue weighted by Gasteiger charge is -2.17. The summed E-state index contributed by atoms with van der Waals surface area (Å²) in [6.07, 6.45) is 5.07. The first-order valence-electron chi connectivity index (χ1n) is 7.00. The molecular weight excluding hydrogens is 292 g/mol. The van der Waals surface area contributed by atoms with E-state index in [-0.39, 0.29) is 10.9 Å². The highest BCUT2D eigenvalue weighted by atomic mass is 32.2. The highest BCUT2D eigenvalue weighted by Gasteiger charge is 2.22. The highest BCUT2D eigenvalue weighted by Crippen LogP contribution is 2.08. The lowest BCUT2D eigenvalue weighted by atomic mass is 10.3. The molecule has 0 aromatic carbocycles. The van der Waals surface area contributed by atoms with Crippen LogP contribution in [-0.2, 0) is 9.84 Å². The van der Waals surface area contributed by atoms with E-state index in [1.54, 1.807) is 6.08 Å². The Kier molecular flexibility index (Phi) is 6.54. The van der Waals surface area contributed by atoms with E-state index in [2.05, 4.69) is 16.7 Å². The van der Waals surface area contributed by atoms with Crippen molar-refractivity contribution >= 4 is 15.9 Å². The van der Waals surface area contributed by atoms with Gasteiger partial charge in [-0.15, -0.1) is 11.7 Å². The Hall–Kier alpha value is -1.70. The molecule has 1 aromatic rings. The second kappa shape index (κ2) is 7.92. The number of likely N-dealkylation sites (N-methyl/N-ethyl adjacent to an activating group) is 1. The van der Waals surface area contributed by atoms with Crippen molar-refractivity contribution in [3.05, 3.63) is 19.0 Å². The molecule has 0 radical (unpaired) electrons. The molecule has 0 saturated carbocycles. The molecular formula is C13H22N4O3S. The molecule has 0 N–H and O–H groups in total. The Morgan fingerprint density at radius 2 is 2.14 bits per heavy atom. The van der Waals surface area contributed by atoms with E-state index in [1.807, 2.05) is 13.8 Å². The van der Waals surface area contributed by atoms with E-state index in [0.29, 0.717) is 19.5 Å². The summed E-state index contributed by atoms with van der Waals surface area (Å²) >= 11 is 0. The Morgan fingerprint density at radius 3 is 2.71 bits per heavy atom. The zero-order valence-electron chi connectivity index (χ0n) is 12.5. The summed E-state index contributed by atoms with van der Waals surface area (Å²) in [5.41, 5.74) is 0. The first-order valence-corrected chi connectivity index (χ1v) is 8.66. The summed E-state index contributed by atoms with van der Waals surface area (Å²) in [6.45, 7) is 8.24. The van der Waals surface area contributed by atoms with Crippen LogP contribution in [0.5, 0.6) is 0 Å². The topological polar surface area (TPSA) is 85.2 Å². The van der Waals surface area contributed by atoms with E-state index in [9.17, 15) is 13.2 Å². The Morgan fingerprint density at radius 1 is 1.43 bits per heavy atom. The molecule has 0 aliphatic carbocycles. The van der Waals surface area contributed by atoms with Crippen LogP contribution < -0.4 is 0 Å². The molecule has 1 amide bonds. The van der Waals surface area contributed by atoms with Gasteiger partial charge in [0.25, 0.3) is 5.16 Å². The van der Waals surface area contributed by atoms with Crippen LogP contribution in [0, 0.1) is 0 Å². The third-order valence-electron chi connectivity index (χ3n) is 2.96. The number of hydrogen-bond donors (Lipinski definition) is 0. The molecule has 0 aliphatic rings. The van der Waals surface area contributed by atoms with Crippen LogP contribution in [-0.4, -0.2) is 53.0 Å².